The van der Waals surface area contributed by atoms with E-state index in [4.69, 9.17) is 59.0 Å². The van der Waals surface area contributed by atoms with Gasteiger partial charge in [0.2, 0.25) is 12.4 Å². The predicted octanol–water partition coefficient (Wildman–Crippen LogP) is 1.00. The number of nitrogens with one attached hydrogen (secondary N) is 1. The zero-order valence-corrected chi connectivity index (χ0v) is 33.9. The maximum atomic E-state index is 13.2. The van der Waals surface area contributed by atoms with Gasteiger partial charge >= 0.3 is 35.8 Å². The van der Waals surface area contributed by atoms with Gasteiger partial charge in [0.25, 0.3) is 11.1 Å². The number of aliphatic hydroxyl groups is 1. The van der Waals surface area contributed by atoms with Crippen LogP contribution in [-0.2, 0) is 71.4 Å². The number of imidazole rings is 1. The van der Waals surface area contributed by atoms with Crippen LogP contribution in [0.3, 0.4) is 0 Å². The number of pyridine rings is 1. The highest BCUT2D eigenvalue weighted by atomic mass is 35.5. The Kier molecular flexibility index (Phi) is 15.0. The number of amides is 1. The maximum absolute atomic E-state index is 13.2. The molecule has 23 heteroatoms. The van der Waals surface area contributed by atoms with E-state index in [1.807, 2.05) is 0 Å². The van der Waals surface area contributed by atoms with Crippen molar-refractivity contribution in [1.82, 2.24) is 9.38 Å². The number of ether oxygens (including phenoxy) is 10. The molecule has 22 nitrogen and oxygen atoms in total. The molecule has 0 unspecified atom stereocenters. The standard InChI is InChI=1S/C38H40ClN3O19/c1-16(43)54-28-25(15-53-37-32(57-19(4)46)29(55-17(2)44)27(48)30(61-37)36(51)52-6)60-38(33(58-20(5)47)31(28)56-18(3)45)59-23-10-7-21(8-11-23)35(50)40-22-9-12-26-41-24(34(39)49)14-42(26)13-22/h7-14,25,27-33,37-38,48H,15H2,1-6H3,(H,40,50)/t25-,27+,28+,29+,30+,31+,32-,33-,37-,38-/m1/s1. The monoisotopic (exact) mass is 877 g/mol. The molecule has 2 aliphatic heterocycles. The molecule has 2 aromatic heterocycles. The largest absolute Gasteiger partial charge is 0.467 e. The molecular weight excluding hydrogens is 838 g/mol. The molecule has 0 radical (unpaired) electrons. The lowest BCUT2D eigenvalue weighted by molar-refractivity contribution is -0.322. The SMILES string of the molecule is COC(=O)[C@H]1O[C@@H](OC[C@H]2O[C@@H](Oc3ccc(C(=O)Nc4ccc5nc(C(=O)Cl)cn5c4)cc3)[C@H](OC(C)=O)[C@@H](OC(C)=O)[C@H]2OC(C)=O)[C@H](OC(C)=O)[C@@H](OC(C)=O)[C@@H]1O. The predicted molar refractivity (Wildman–Crippen MR) is 199 cm³/mol. The summed E-state index contributed by atoms with van der Waals surface area (Å²) >= 11 is 5.52. The van der Waals surface area contributed by atoms with Crippen molar-refractivity contribution in [2.24, 2.45) is 0 Å². The number of benzene rings is 1. The summed E-state index contributed by atoms with van der Waals surface area (Å²) in [5.41, 5.74) is 0.950. The third kappa shape index (κ3) is 11.5. The average molecular weight is 878 g/mol. The molecule has 0 saturated carbocycles. The van der Waals surface area contributed by atoms with Crippen molar-refractivity contribution in [2.75, 3.05) is 19.0 Å². The second-order valence-electron chi connectivity index (χ2n) is 13.4. The Bertz CT molecular complexity index is 2160. The van der Waals surface area contributed by atoms with Gasteiger partial charge in [0.15, 0.2) is 36.8 Å². The lowest BCUT2D eigenvalue weighted by atomic mass is 9.97. The van der Waals surface area contributed by atoms with E-state index in [9.17, 15) is 43.5 Å². The van der Waals surface area contributed by atoms with Crippen LogP contribution in [-0.4, -0.2) is 137 Å². The molecule has 3 aromatic rings. The number of hydrogen-bond acceptors (Lipinski definition) is 20. The number of methoxy groups -OCH3 is 1. The first-order chi connectivity index (χ1) is 28.8. The van der Waals surface area contributed by atoms with Gasteiger partial charge in [0, 0.05) is 52.6 Å². The van der Waals surface area contributed by atoms with Gasteiger partial charge in [-0.05, 0) is 48.0 Å². The minimum absolute atomic E-state index is 0.0218. The second-order valence-corrected chi connectivity index (χ2v) is 13.7. The number of hydrogen-bond donors (Lipinski definition) is 2. The van der Waals surface area contributed by atoms with E-state index in [1.165, 1.54) is 41.1 Å². The van der Waals surface area contributed by atoms with Crippen molar-refractivity contribution in [3.8, 4) is 5.75 Å². The molecule has 1 amide bonds. The minimum Gasteiger partial charge on any atom is -0.467 e. The number of nitrogens with zero attached hydrogens (tertiary/aromatic N) is 2. The van der Waals surface area contributed by atoms with Gasteiger partial charge in [-0.3, -0.25) is 33.6 Å². The van der Waals surface area contributed by atoms with E-state index in [0.717, 1.165) is 41.7 Å². The summed E-state index contributed by atoms with van der Waals surface area (Å²) in [5.74, 6) is -6.17. The molecule has 5 rings (SSSR count). The van der Waals surface area contributed by atoms with Gasteiger partial charge in [-0.25, -0.2) is 9.78 Å². The van der Waals surface area contributed by atoms with Crippen LogP contribution < -0.4 is 10.1 Å². The molecule has 4 heterocycles. The van der Waals surface area contributed by atoms with Crippen molar-refractivity contribution >= 4 is 69.9 Å². The van der Waals surface area contributed by atoms with Crippen molar-refractivity contribution in [3.63, 3.8) is 0 Å². The Morgan fingerprint density at radius 2 is 1.28 bits per heavy atom. The molecule has 1 aromatic carbocycles. The summed E-state index contributed by atoms with van der Waals surface area (Å²) in [5, 5.41) is 12.9. The molecule has 0 spiro atoms. The summed E-state index contributed by atoms with van der Waals surface area (Å²) in [6.07, 6.45) is -14.0. The Balaban J connectivity index is 1.42. The van der Waals surface area contributed by atoms with E-state index in [1.54, 1.807) is 12.1 Å². The topological polar surface area (TPSA) is 278 Å². The van der Waals surface area contributed by atoms with E-state index in [0.29, 0.717) is 11.3 Å². The summed E-state index contributed by atoms with van der Waals surface area (Å²) < 4.78 is 57.0. The molecular formula is C38H40ClN3O19. The maximum Gasteiger partial charge on any atom is 0.338 e. The van der Waals surface area contributed by atoms with Crippen molar-refractivity contribution in [3.05, 3.63) is 60.0 Å². The van der Waals surface area contributed by atoms with E-state index < -0.39 is 115 Å². The third-order valence-corrected chi connectivity index (χ3v) is 8.95. The number of aliphatic hydroxyl groups excluding tert-OH is 1. The van der Waals surface area contributed by atoms with Gasteiger partial charge in [-0.2, -0.15) is 0 Å². The fraction of sp³-hybridized carbons (Fsp3) is 0.447. The van der Waals surface area contributed by atoms with Crippen LogP contribution in [0.5, 0.6) is 5.75 Å². The number of fused-ring (bicyclic) bond motifs is 1. The van der Waals surface area contributed by atoms with E-state index in [2.05, 4.69) is 10.3 Å². The lowest BCUT2D eigenvalue weighted by Crippen LogP contribution is -2.65. The molecule has 0 bridgehead atoms. The number of anilines is 1. The number of carbonyl (C=O) groups excluding carboxylic acids is 8. The van der Waals surface area contributed by atoms with Crippen LogP contribution in [0.15, 0.2) is 48.8 Å². The Morgan fingerprint density at radius 1 is 0.721 bits per heavy atom. The van der Waals surface area contributed by atoms with Gasteiger partial charge < -0.3 is 62.2 Å². The van der Waals surface area contributed by atoms with Gasteiger partial charge in [-0.15, -0.1) is 0 Å². The summed E-state index contributed by atoms with van der Waals surface area (Å²) in [4.78, 5) is 103. The normalized spacial score (nSPS) is 25.9. The van der Waals surface area contributed by atoms with Crippen molar-refractivity contribution in [1.29, 1.82) is 0 Å². The van der Waals surface area contributed by atoms with Crippen LogP contribution in [0.2, 0.25) is 0 Å². The molecule has 2 N–H and O–H groups in total. The van der Waals surface area contributed by atoms with Crippen LogP contribution in [0.1, 0.15) is 55.5 Å². The number of rotatable bonds is 14. The fourth-order valence-electron chi connectivity index (χ4n) is 6.37. The van der Waals surface area contributed by atoms with Gasteiger partial charge in [0.1, 0.15) is 29.3 Å². The Labute approximate surface area is 350 Å². The first-order valence-electron chi connectivity index (χ1n) is 18.2. The quantitative estimate of drug-likeness (QED) is 0.130. The molecule has 2 aliphatic rings. The second kappa shape index (κ2) is 19.9. The lowest BCUT2D eigenvalue weighted by Gasteiger charge is -2.45. The summed E-state index contributed by atoms with van der Waals surface area (Å²) in [6.45, 7) is 4.41. The molecule has 2 saturated heterocycles. The van der Waals surface area contributed by atoms with Gasteiger partial charge in [0.05, 0.1) is 19.4 Å². The summed E-state index contributed by atoms with van der Waals surface area (Å²) in [7, 11) is 0.997. The number of aromatic nitrogens is 2. The van der Waals surface area contributed by atoms with Crippen LogP contribution in [0.25, 0.3) is 5.65 Å². The third-order valence-electron chi connectivity index (χ3n) is 8.76. The average Bonchev–Trinajstić information content (AvgIpc) is 3.62. The van der Waals surface area contributed by atoms with Gasteiger partial charge in [-0.1, -0.05) is 0 Å². The van der Waals surface area contributed by atoms with E-state index in [-0.39, 0.29) is 17.0 Å². The molecule has 0 aliphatic carbocycles. The first kappa shape index (κ1) is 45.9. The summed E-state index contributed by atoms with van der Waals surface area (Å²) in [6, 6.07) is 8.66. The number of halogens is 1. The molecule has 2 fully saturated rings. The molecule has 10 atom stereocenters. The number of carbonyl (C=O) groups is 8. The van der Waals surface area contributed by atoms with Crippen LogP contribution >= 0.6 is 11.6 Å². The first-order valence-corrected chi connectivity index (χ1v) is 18.5. The van der Waals surface area contributed by atoms with Crippen LogP contribution in [0.4, 0.5) is 5.69 Å². The zero-order valence-electron chi connectivity index (χ0n) is 33.2. The number of esters is 6. The molecule has 61 heavy (non-hydrogen) atoms. The zero-order chi connectivity index (χ0) is 44.7. The minimum atomic E-state index is -1.90. The highest BCUT2D eigenvalue weighted by molar-refractivity contribution is 6.67. The van der Waals surface area contributed by atoms with Crippen molar-refractivity contribution < 1.29 is 90.8 Å². The smallest absolute Gasteiger partial charge is 0.338 e. The van der Waals surface area contributed by atoms with Crippen molar-refractivity contribution in [2.45, 2.75) is 96.0 Å². The highest BCUT2D eigenvalue weighted by Crippen LogP contribution is 2.33. The van der Waals surface area contributed by atoms with Crippen LogP contribution in [0, 0.1) is 0 Å². The van der Waals surface area contributed by atoms with E-state index >= 15 is 0 Å². The highest BCUT2D eigenvalue weighted by Gasteiger charge is 2.56. The fourth-order valence-corrected chi connectivity index (χ4v) is 6.46. The molecule has 328 valence electrons. The Hall–Kier alpha value is -6.20. The Morgan fingerprint density at radius 3 is 1.85 bits per heavy atom.